The van der Waals surface area contributed by atoms with Crippen molar-refractivity contribution in [3.05, 3.63) is 59.5 Å². The van der Waals surface area contributed by atoms with E-state index < -0.39 is 0 Å². The molecular formula is C16H22N2O. The summed E-state index contributed by atoms with van der Waals surface area (Å²) in [7, 11) is 1.94. The van der Waals surface area contributed by atoms with E-state index in [9.17, 15) is 0 Å². The second-order valence-electron chi connectivity index (χ2n) is 4.74. The minimum Gasteiger partial charge on any atom is -0.468 e. The van der Waals surface area contributed by atoms with Gasteiger partial charge in [0, 0.05) is 18.7 Å². The van der Waals surface area contributed by atoms with Gasteiger partial charge in [0.2, 0.25) is 0 Å². The molecule has 19 heavy (non-hydrogen) atoms. The maximum Gasteiger partial charge on any atom is 0.118 e. The number of rotatable bonds is 7. The maximum absolute atomic E-state index is 5.61. The zero-order valence-corrected chi connectivity index (χ0v) is 11.7. The van der Waals surface area contributed by atoms with Crippen molar-refractivity contribution in [3.8, 4) is 0 Å². The first kappa shape index (κ1) is 13.8. The quantitative estimate of drug-likeness (QED) is 0.827. The Hall–Kier alpha value is -1.58. The molecule has 0 saturated carbocycles. The average Bonchev–Trinajstić information content (AvgIpc) is 2.87. The normalized spacial score (nSPS) is 11.1. The first-order valence-electron chi connectivity index (χ1n) is 6.79. The molecule has 0 saturated heterocycles. The number of benzene rings is 1. The van der Waals surface area contributed by atoms with Gasteiger partial charge in [-0.05, 0) is 25.2 Å². The average molecular weight is 258 g/mol. The minimum atomic E-state index is 0.855. The molecule has 1 aromatic carbocycles. The lowest BCUT2D eigenvalue weighted by Gasteiger charge is -2.19. The van der Waals surface area contributed by atoms with Gasteiger partial charge in [-0.25, -0.2) is 0 Å². The van der Waals surface area contributed by atoms with Crippen LogP contribution in [0.15, 0.2) is 47.1 Å². The topological polar surface area (TPSA) is 28.4 Å². The molecule has 0 aliphatic carbocycles. The molecule has 0 radical (unpaired) electrons. The van der Waals surface area contributed by atoms with Gasteiger partial charge in [-0.2, -0.15) is 0 Å². The summed E-state index contributed by atoms with van der Waals surface area (Å²) in [6.45, 7) is 5.86. The predicted molar refractivity (Wildman–Crippen MR) is 77.7 cm³/mol. The Balaban J connectivity index is 1.94. The van der Waals surface area contributed by atoms with E-state index in [0.29, 0.717) is 0 Å². The van der Waals surface area contributed by atoms with E-state index in [2.05, 4.69) is 53.5 Å². The zero-order valence-electron chi connectivity index (χ0n) is 11.7. The number of nitrogens with one attached hydrogen (secondary N) is 1. The van der Waals surface area contributed by atoms with Crippen LogP contribution >= 0.6 is 0 Å². The fourth-order valence-corrected chi connectivity index (χ4v) is 2.15. The third kappa shape index (κ3) is 4.23. The third-order valence-corrected chi connectivity index (χ3v) is 3.16. The smallest absolute Gasteiger partial charge is 0.118 e. The molecule has 102 valence electrons. The van der Waals surface area contributed by atoms with Gasteiger partial charge in [-0.3, -0.25) is 4.90 Å². The molecule has 1 N–H and O–H groups in total. The van der Waals surface area contributed by atoms with Crippen LogP contribution in [0.4, 0.5) is 0 Å². The molecule has 0 amide bonds. The first-order chi connectivity index (χ1) is 9.31. The largest absolute Gasteiger partial charge is 0.468 e. The summed E-state index contributed by atoms with van der Waals surface area (Å²) in [5.41, 5.74) is 2.54. The molecule has 3 heteroatoms. The highest BCUT2D eigenvalue weighted by Crippen LogP contribution is 2.13. The number of hydrogen-bond donors (Lipinski definition) is 1. The van der Waals surface area contributed by atoms with E-state index in [4.69, 9.17) is 4.42 Å². The fourth-order valence-electron chi connectivity index (χ4n) is 2.15. The molecule has 0 aliphatic heterocycles. The number of furan rings is 1. The molecule has 1 heterocycles. The second kappa shape index (κ2) is 7.12. The monoisotopic (exact) mass is 258 g/mol. The van der Waals surface area contributed by atoms with Gasteiger partial charge < -0.3 is 9.73 Å². The van der Waals surface area contributed by atoms with Crippen LogP contribution in [0.5, 0.6) is 0 Å². The van der Waals surface area contributed by atoms with Gasteiger partial charge in [0.05, 0.1) is 12.8 Å². The molecule has 2 rings (SSSR count). The highest BCUT2D eigenvalue weighted by Gasteiger charge is 2.08. The molecule has 0 bridgehead atoms. The van der Waals surface area contributed by atoms with Gasteiger partial charge >= 0.3 is 0 Å². The number of hydrogen-bond acceptors (Lipinski definition) is 3. The van der Waals surface area contributed by atoms with E-state index in [1.54, 1.807) is 0 Å². The van der Waals surface area contributed by atoms with Crippen LogP contribution in [0, 0.1) is 0 Å². The van der Waals surface area contributed by atoms with Gasteiger partial charge in [0.1, 0.15) is 5.76 Å². The highest BCUT2D eigenvalue weighted by molar-refractivity contribution is 5.15. The highest BCUT2D eigenvalue weighted by atomic mass is 16.3. The van der Waals surface area contributed by atoms with Gasteiger partial charge in [0.25, 0.3) is 0 Å². The maximum atomic E-state index is 5.61. The van der Waals surface area contributed by atoms with Crippen molar-refractivity contribution >= 4 is 0 Å². The lowest BCUT2D eigenvalue weighted by atomic mass is 10.2. The first-order valence-corrected chi connectivity index (χ1v) is 6.79. The molecule has 0 aliphatic rings. The Kier molecular flexibility index (Phi) is 5.19. The van der Waals surface area contributed by atoms with Crippen molar-refractivity contribution < 1.29 is 4.42 Å². The molecule has 0 spiro atoms. The van der Waals surface area contributed by atoms with E-state index in [1.807, 2.05) is 13.3 Å². The standard InChI is InChI=1S/C16H22N2O/c1-3-18(11-14-7-5-4-6-8-14)12-16-9-15(10-17-2)13-19-16/h4-9,13,17H,3,10-12H2,1-2H3. The van der Waals surface area contributed by atoms with E-state index in [-0.39, 0.29) is 0 Å². The van der Waals surface area contributed by atoms with E-state index >= 15 is 0 Å². The molecular weight excluding hydrogens is 236 g/mol. The lowest BCUT2D eigenvalue weighted by Crippen LogP contribution is -2.21. The Morgan fingerprint density at radius 1 is 1.11 bits per heavy atom. The number of nitrogens with zero attached hydrogens (tertiary/aromatic N) is 1. The summed E-state index contributed by atoms with van der Waals surface area (Å²) in [4.78, 5) is 2.37. The van der Waals surface area contributed by atoms with Crippen molar-refractivity contribution in [2.75, 3.05) is 13.6 Å². The lowest BCUT2D eigenvalue weighted by molar-refractivity contribution is 0.248. The molecule has 0 unspecified atom stereocenters. The van der Waals surface area contributed by atoms with Crippen LogP contribution in [-0.4, -0.2) is 18.5 Å². The van der Waals surface area contributed by atoms with Crippen molar-refractivity contribution in [1.29, 1.82) is 0 Å². The summed E-state index contributed by atoms with van der Waals surface area (Å²) in [5, 5.41) is 3.13. The van der Waals surface area contributed by atoms with Crippen LogP contribution < -0.4 is 5.32 Å². The van der Waals surface area contributed by atoms with Gasteiger partial charge in [-0.15, -0.1) is 0 Å². The van der Waals surface area contributed by atoms with Crippen LogP contribution in [0.25, 0.3) is 0 Å². The Morgan fingerprint density at radius 3 is 2.58 bits per heavy atom. The molecule has 0 fully saturated rings. The summed E-state index contributed by atoms with van der Waals surface area (Å²) < 4.78 is 5.61. The SMILES string of the molecule is CCN(Cc1ccccc1)Cc1cc(CNC)co1. The summed E-state index contributed by atoms with van der Waals surface area (Å²) in [5.74, 6) is 1.03. The Labute approximate surface area is 115 Å². The summed E-state index contributed by atoms with van der Waals surface area (Å²) in [6.07, 6.45) is 1.84. The molecule has 3 nitrogen and oxygen atoms in total. The van der Waals surface area contributed by atoms with Crippen molar-refractivity contribution in [3.63, 3.8) is 0 Å². The Morgan fingerprint density at radius 2 is 1.89 bits per heavy atom. The molecule has 0 atom stereocenters. The summed E-state index contributed by atoms with van der Waals surface area (Å²) in [6, 6.07) is 12.7. The molecule has 1 aromatic heterocycles. The Bertz CT molecular complexity index is 479. The van der Waals surface area contributed by atoms with Crippen LogP contribution in [0.3, 0.4) is 0 Å². The van der Waals surface area contributed by atoms with Crippen LogP contribution in [0.1, 0.15) is 23.8 Å². The minimum absolute atomic E-state index is 0.855. The second-order valence-corrected chi connectivity index (χ2v) is 4.74. The van der Waals surface area contributed by atoms with Crippen molar-refractivity contribution in [2.45, 2.75) is 26.6 Å². The van der Waals surface area contributed by atoms with E-state index in [1.165, 1.54) is 11.1 Å². The van der Waals surface area contributed by atoms with Gasteiger partial charge in [-0.1, -0.05) is 37.3 Å². The van der Waals surface area contributed by atoms with Crippen molar-refractivity contribution in [2.24, 2.45) is 0 Å². The van der Waals surface area contributed by atoms with Crippen molar-refractivity contribution in [1.82, 2.24) is 10.2 Å². The third-order valence-electron chi connectivity index (χ3n) is 3.16. The summed E-state index contributed by atoms with van der Waals surface area (Å²) >= 11 is 0. The molecule has 2 aromatic rings. The van der Waals surface area contributed by atoms with Crippen LogP contribution in [-0.2, 0) is 19.6 Å². The zero-order chi connectivity index (χ0) is 13.5. The fraction of sp³-hybridized carbons (Fsp3) is 0.375. The van der Waals surface area contributed by atoms with Gasteiger partial charge in [0.15, 0.2) is 0 Å². The van der Waals surface area contributed by atoms with E-state index in [0.717, 1.165) is 31.9 Å². The predicted octanol–water partition coefficient (Wildman–Crippen LogP) is 3.02. The van der Waals surface area contributed by atoms with Crippen LogP contribution in [0.2, 0.25) is 0 Å².